The fourth-order valence-corrected chi connectivity index (χ4v) is 14.9. The fraction of sp³-hybridized carbons (Fsp3) is 0. The van der Waals surface area contributed by atoms with Gasteiger partial charge in [-0.25, -0.2) is 24.9 Å². The zero-order chi connectivity index (χ0) is 62.2. The van der Waals surface area contributed by atoms with Gasteiger partial charge < -0.3 is 22.7 Å². The Balaban J connectivity index is 0.711. The summed E-state index contributed by atoms with van der Waals surface area (Å²) in [5, 5.41) is 11.4. The highest BCUT2D eigenvalue weighted by atomic mass is 16.3. The minimum atomic E-state index is 0.568. The SMILES string of the molecule is c1cc(-c2cnc3oc4ncccc4c3c2)cc(-n2c3ccccc3c3ccc(-c4ccc5c(c4)c4ccccc4n5-c4cccc(-c5nc(-c6cccc(-n7c8ccccc8c8ccccc87)c6)nc(-c6cccc(-n7c8ccccc8c8ccccc87)c6)n5)c4)cc32)c1. The van der Waals surface area contributed by atoms with Crippen LogP contribution in [0.5, 0.6) is 0 Å². The molecule has 0 spiro atoms. The summed E-state index contributed by atoms with van der Waals surface area (Å²) in [6.45, 7) is 0. The zero-order valence-corrected chi connectivity index (χ0v) is 50.9. The van der Waals surface area contributed by atoms with Crippen LogP contribution in [0.4, 0.5) is 0 Å². The van der Waals surface area contributed by atoms with Crippen LogP contribution in [0.3, 0.4) is 0 Å². The lowest BCUT2D eigenvalue weighted by atomic mass is 10.0. The van der Waals surface area contributed by atoms with Crippen molar-refractivity contribution in [1.29, 1.82) is 0 Å². The predicted molar refractivity (Wildman–Crippen MR) is 387 cm³/mol. The third-order valence-corrected chi connectivity index (χ3v) is 19.1. The van der Waals surface area contributed by atoms with Crippen LogP contribution in [0.2, 0.25) is 0 Å². The number of aromatic nitrogens is 9. The van der Waals surface area contributed by atoms with Crippen molar-refractivity contribution in [2.24, 2.45) is 0 Å². The first-order chi connectivity index (χ1) is 47.1. The number of rotatable bonds is 9. The molecule has 8 heterocycles. The Kier molecular flexibility index (Phi) is 11.5. The maximum atomic E-state index is 6.00. The summed E-state index contributed by atoms with van der Waals surface area (Å²) in [6, 6.07) is 106. The largest absolute Gasteiger partial charge is 0.419 e. The van der Waals surface area contributed by atoms with Crippen molar-refractivity contribution >= 4 is 109 Å². The average Bonchev–Trinajstić information content (AvgIpc) is 1.63. The third kappa shape index (κ3) is 8.27. The molecule has 0 radical (unpaired) electrons. The van der Waals surface area contributed by atoms with Crippen LogP contribution in [0.25, 0.3) is 189 Å². The standard InChI is InChI=1S/C85H51N9O/c1-7-33-73-63(26-1)64-27-2-8-34-74(64)91(73)60-23-14-19-55(45-60)81-88-82(56-20-15-24-61(46-56)92-75-35-9-3-28-65(75)66-29-4-10-36-76(66)92)90-83(89-81)57-21-16-25-62(47-57)93-78-38-12-6-31-68(78)71-48-53(40-42-79(71)93)54-39-41-69-67-30-5-11-37-77(67)94(80(69)50-54)59-22-13-18-52(44-59)58-49-72-70-32-17-43-86-84(70)95-85(72)87-51-58/h1-51H. The Hall–Kier alpha value is -13.1. The summed E-state index contributed by atoms with van der Waals surface area (Å²) in [5.74, 6) is 1.72. The van der Waals surface area contributed by atoms with Crippen molar-refractivity contribution < 1.29 is 4.42 Å². The first-order valence-corrected chi connectivity index (χ1v) is 31.9. The summed E-state index contributed by atoms with van der Waals surface area (Å²) in [5.41, 5.74) is 21.2. The van der Waals surface area contributed by atoms with Gasteiger partial charge in [-0.3, -0.25) is 0 Å². The van der Waals surface area contributed by atoms with E-state index in [9.17, 15) is 0 Å². The Morgan fingerprint density at radius 2 is 0.547 bits per heavy atom. The van der Waals surface area contributed by atoms with E-state index in [2.05, 4.69) is 308 Å². The van der Waals surface area contributed by atoms with Crippen LogP contribution in [0.15, 0.2) is 314 Å². The van der Waals surface area contributed by atoms with E-state index in [0.29, 0.717) is 28.9 Å². The molecule has 442 valence electrons. The van der Waals surface area contributed by atoms with E-state index in [0.717, 1.165) is 127 Å². The lowest BCUT2D eigenvalue weighted by Crippen LogP contribution is -2.02. The number of fused-ring (bicyclic) bond motifs is 15. The molecule has 0 fully saturated rings. The highest BCUT2D eigenvalue weighted by Gasteiger charge is 2.22. The van der Waals surface area contributed by atoms with Gasteiger partial charge in [0.1, 0.15) is 0 Å². The van der Waals surface area contributed by atoms with Gasteiger partial charge in [0.2, 0.25) is 11.4 Å². The van der Waals surface area contributed by atoms with Gasteiger partial charge in [0.15, 0.2) is 17.5 Å². The molecule has 0 amide bonds. The number of nitrogens with zero attached hydrogens (tertiary/aromatic N) is 9. The van der Waals surface area contributed by atoms with Gasteiger partial charge in [-0.05, 0) is 138 Å². The third-order valence-electron chi connectivity index (χ3n) is 19.1. The maximum Gasteiger partial charge on any atom is 0.229 e. The molecule has 10 heteroatoms. The fourth-order valence-electron chi connectivity index (χ4n) is 14.9. The number of pyridine rings is 2. The predicted octanol–water partition coefficient (Wildman–Crippen LogP) is 21.3. The van der Waals surface area contributed by atoms with Gasteiger partial charge in [0.05, 0.1) is 49.5 Å². The molecule has 0 aliphatic carbocycles. The number of furan rings is 1. The molecule has 12 aromatic carbocycles. The second-order valence-corrected chi connectivity index (χ2v) is 24.5. The molecule has 0 aliphatic heterocycles. The number of hydrogen-bond acceptors (Lipinski definition) is 6. The molecule has 20 rings (SSSR count). The van der Waals surface area contributed by atoms with Crippen LogP contribution >= 0.6 is 0 Å². The summed E-state index contributed by atoms with van der Waals surface area (Å²) in [4.78, 5) is 25.5. The monoisotopic (exact) mass is 1210 g/mol. The van der Waals surface area contributed by atoms with Gasteiger partial charge in [-0.1, -0.05) is 176 Å². The van der Waals surface area contributed by atoms with Crippen molar-refractivity contribution in [2.75, 3.05) is 0 Å². The quantitative estimate of drug-likeness (QED) is 0.143. The maximum absolute atomic E-state index is 6.00. The van der Waals surface area contributed by atoms with E-state index in [1.165, 1.54) is 32.3 Å². The molecule has 0 saturated carbocycles. The van der Waals surface area contributed by atoms with Crippen LogP contribution in [0.1, 0.15) is 0 Å². The molecule has 0 N–H and O–H groups in total. The molecular formula is C85H51N9O. The smallest absolute Gasteiger partial charge is 0.229 e. The first-order valence-electron chi connectivity index (χ1n) is 31.9. The molecular weight excluding hydrogens is 1160 g/mol. The minimum Gasteiger partial charge on any atom is -0.419 e. The zero-order valence-electron chi connectivity index (χ0n) is 50.9. The van der Waals surface area contributed by atoms with Crippen molar-refractivity contribution in [2.45, 2.75) is 0 Å². The van der Waals surface area contributed by atoms with Gasteiger partial charge in [0.25, 0.3) is 0 Å². The highest BCUT2D eigenvalue weighted by Crippen LogP contribution is 2.42. The minimum absolute atomic E-state index is 0.568. The Labute approximate surface area is 542 Å². The lowest BCUT2D eigenvalue weighted by Gasteiger charge is -2.14. The molecule has 95 heavy (non-hydrogen) atoms. The van der Waals surface area contributed by atoms with E-state index < -0.39 is 0 Å². The molecule has 0 atom stereocenters. The first kappa shape index (κ1) is 52.7. The number of hydrogen-bond donors (Lipinski definition) is 0. The number of benzene rings is 12. The summed E-state index contributed by atoms with van der Waals surface area (Å²) < 4.78 is 15.5. The van der Waals surface area contributed by atoms with Crippen molar-refractivity contribution in [3.05, 3.63) is 310 Å². The molecule has 0 unspecified atom stereocenters. The molecule has 20 aromatic rings. The van der Waals surface area contributed by atoms with Gasteiger partial charge >= 0.3 is 0 Å². The lowest BCUT2D eigenvalue weighted by molar-refractivity contribution is 0.640. The molecule has 10 nitrogen and oxygen atoms in total. The highest BCUT2D eigenvalue weighted by molar-refractivity contribution is 6.14. The van der Waals surface area contributed by atoms with E-state index in [1.54, 1.807) is 6.20 Å². The van der Waals surface area contributed by atoms with Gasteiger partial charge in [0, 0.05) is 106 Å². The summed E-state index contributed by atoms with van der Waals surface area (Å²) >= 11 is 0. The Bertz CT molecular complexity index is 6290. The number of para-hydroxylation sites is 6. The second kappa shape index (κ2) is 20.7. The molecule has 0 saturated heterocycles. The normalized spacial score (nSPS) is 12.0. The Morgan fingerprint density at radius 3 is 1.02 bits per heavy atom. The topological polar surface area (TPSA) is 97.3 Å². The van der Waals surface area contributed by atoms with E-state index in [-0.39, 0.29) is 0 Å². The van der Waals surface area contributed by atoms with Gasteiger partial charge in [-0.15, -0.1) is 0 Å². The van der Waals surface area contributed by atoms with E-state index in [1.807, 2.05) is 18.3 Å². The molecule has 0 bridgehead atoms. The Morgan fingerprint density at radius 1 is 0.211 bits per heavy atom. The molecule has 0 aliphatic rings. The van der Waals surface area contributed by atoms with Crippen molar-refractivity contribution in [3.8, 4) is 79.2 Å². The van der Waals surface area contributed by atoms with Crippen LogP contribution in [-0.2, 0) is 0 Å². The van der Waals surface area contributed by atoms with E-state index >= 15 is 0 Å². The summed E-state index contributed by atoms with van der Waals surface area (Å²) in [6.07, 6.45) is 3.64. The van der Waals surface area contributed by atoms with Crippen LogP contribution in [-0.4, -0.2) is 43.2 Å². The van der Waals surface area contributed by atoms with Crippen molar-refractivity contribution in [3.63, 3.8) is 0 Å². The average molecular weight is 1210 g/mol. The van der Waals surface area contributed by atoms with Crippen LogP contribution in [0, 0.1) is 0 Å². The van der Waals surface area contributed by atoms with Gasteiger partial charge in [-0.2, -0.15) is 0 Å². The van der Waals surface area contributed by atoms with Crippen molar-refractivity contribution in [1.82, 2.24) is 43.2 Å². The van der Waals surface area contributed by atoms with E-state index in [4.69, 9.17) is 24.4 Å². The van der Waals surface area contributed by atoms with Crippen LogP contribution < -0.4 is 0 Å². The molecule has 8 aromatic heterocycles. The summed E-state index contributed by atoms with van der Waals surface area (Å²) in [7, 11) is 0. The second-order valence-electron chi connectivity index (χ2n) is 24.5.